The lowest BCUT2D eigenvalue weighted by Crippen LogP contribution is -1.97. The monoisotopic (exact) mass is 291 g/mol. The fourth-order valence-electron chi connectivity index (χ4n) is 3.03. The van der Waals surface area contributed by atoms with Gasteiger partial charge in [-0.25, -0.2) is 0 Å². The number of fused-ring (bicyclic) bond motifs is 1. The van der Waals surface area contributed by atoms with E-state index in [9.17, 15) is 4.79 Å². The predicted molar refractivity (Wildman–Crippen MR) is 92.2 cm³/mol. The van der Waals surface area contributed by atoms with Crippen LogP contribution in [-0.2, 0) is 12.8 Å². The predicted octanol–water partition coefficient (Wildman–Crippen LogP) is 4.27. The van der Waals surface area contributed by atoms with Crippen molar-refractivity contribution in [3.63, 3.8) is 0 Å². The molecule has 0 bridgehead atoms. The highest BCUT2D eigenvalue weighted by Gasteiger charge is 2.12. The van der Waals surface area contributed by atoms with Gasteiger partial charge in [0.05, 0.1) is 0 Å². The van der Waals surface area contributed by atoms with E-state index in [1.54, 1.807) is 6.08 Å². The number of anilines is 1. The summed E-state index contributed by atoms with van der Waals surface area (Å²) in [6.07, 6.45) is 6.98. The molecule has 2 N–H and O–H groups in total. The largest absolute Gasteiger partial charge is 0.399 e. The lowest BCUT2D eigenvalue weighted by Gasteiger charge is -2.07. The molecule has 0 radical (unpaired) electrons. The molecule has 2 nitrogen and oxygen atoms in total. The third-order valence-electron chi connectivity index (χ3n) is 4.67. The first kappa shape index (κ1) is 14.6. The van der Waals surface area contributed by atoms with Gasteiger partial charge >= 0.3 is 0 Å². The smallest absolute Gasteiger partial charge is 0.185 e. The molecule has 112 valence electrons. The average molecular weight is 291 g/mol. The minimum atomic E-state index is 0.0589. The minimum absolute atomic E-state index is 0.0589. The number of allylic oxidation sites excluding steroid dienone is 1. The Balaban J connectivity index is 1.84. The van der Waals surface area contributed by atoms with Gasteiger partial charge in [0.25, 0.3) is 0 Å². The quantitative estimate of drug-likeness (QED) is 0.521. The van der Waals surface area contributed by atoms with Crippen molar-refractivity contribution in [1.29, 1.82) is 0 Å². The first-order valence-corrected chi connectivity index (χ1v) is 7.76. The molecule has 0 saturated carbocycles. The number of hydrogen-bond donors (Lipinski definition) is 1. The van der Waals surface area contributed by atoms with Gasteiger partial charge in [-0.3, -0.25) is 4.79 Å². The summed E-state index contributed by atoms with van der Waals surface area (Å²) in [6, 6.07) is 9.95. The van der Waals surface area contributed by atoms with Crippen LogP contribution in [0.1, 0.15) is 44.6 Å². The number of carbonyl (C=O) groups excluding carboxylic acids is 1. The maximum absolute atomic E-state index is 12.4. The third-order valence-corrected chi connectivity index (χ3v) is 4.67. The Morgan fingerprint density at radius 1 is 1.05 bits per heavy atom. The zero-order valence-corrected chi connectivity index (χ0v) is 13.1. The number of nitrogen functional groups attached to an aromatic ring is 1. The first-order valence-electron chi connectivity index (χ1n) is 7.76. The van der Waals surface area contributed by atoms with Crippen molar-refractivity contribution in [2.45, 2.75) is 33.1 Å². The highest BCUT2D eigenvalue weighted by molar-refractivity contribution is 6.07. The van der Waals surface area contributed by atoms with E-state index >= 15 is 0 Å². The van der Waals surface area contributed by atoms with Crippen molar-refractivity contribution >= 4 is 17.5 Å². The van der Waals surface area contributed by atoms with E-state index in [2.05, 4.69) is 12.1 Å². The topological polar surface area (TPSA) is 43.1 Å². The normalized spacial score (nSPS) is 13.5. The summed E-state index contributed by atoms with van der Waals surface area (Å²) >= 11 is 0. The fourth-order valence-corrected chi connectivity index (χ4v) is 3.03. The van der Waals surface area contributed by atoms with Crippen molar-refractivity contribution in [3.05, 3.63) is 69.8 Å². The molecular weight excluding hydrogens is 270 g/mol. The van der Waals surface area contributed by atoms with Gasteiger partial charge in [0, 0.05) is 11.3 Å². The van der Waals surface area contributed by atoms with Crippen LogP contribution in [-0.4, -0.2) is 5.78 Å². The van der Waals surface area contributed by atoms with Crippen LogP contribution in [0.4, 0.5) is 5.69 Å². The molecule has 1 aliphatic carbocycles. The van der Waals surface area contributed by atoms with Crippen LogP contribution >= 0.6 is 0 Å². The Morgan fingerprint density at radius 3 is 2.64 bits per heavy atom. The zero-order valence-electron chi connectivity index (χ0n) is 13.1. The summed E-state index contributed by atoms with van der Waals surface area (Å²) in [6.45, 7) is 4.04. The third kappa shape index (κ3) is 2.69. The molecule has 0 atom stereocenters. The van der Waals surface area contributed by atoms with E-state index in [0.717, 1.165) is 40.8 Å². The van der Waals surface area contributed by atoms with Crippen LogP contribution in [0.2, 0.25) is 0 Å². The van der Waals surface area contributed by atoms with E-state index in [0.29, 0.717) is 0 Å². The first-order chi connectivity index (χ1) is 10.6. The number of hydrogen-bond acceptors (Lipinski definition) is 2. The van der Waals surface area contributed by atoms with Gasteiger partial charge in [-0.2, -0.15) is 0 Å². The molecule has 0 aliphatic heterocycles. The Labute approximate surface area is 131 Å². The highest BCUT2D eigenvalue weighted by atomic mass is 16.1. The van der Waals surface area contributed by atoms with Gasteiger partial charge in [-0.05, 0) is 79.1 Å². The average Bonchev–Trinajstić information content (AvgIpc) is 2.99. The molecule has 0 heterocycles. The fraction of sp³-hybridized carbons (Fsp3) is 0.250. The Bertz CT molecular complexity index is 772. The second-order valence-corrected chi connectivity index (χ2v) is 6.03. The van der Waals surface area contributed by atoms with Crippen molar-refractivity contribution in [1.82, 2.24) is 0 Å². The van der Waals surface area contributed by atoms with Crippen LogP contribution in [0.25, 0.3) is 6.08 Å². The molecule has 2 heteroatoms. The molecule has 1 aliphatic rings. The standard InChI is InChI=1S/C20H21NO/c1-13-14(2)19(21)10-8-15(13)9-11-20(22)18-7-6-16-4-3-5-17(16)12-18/h6-12H,3-5,21H2,1-2H3. The summed E-state index contributed by atoms with van der Waals surface area (Å²) < 4.78 is 0. The number of rotatable bonds is 3. The van der Waals surface area contributed by atoms with Crippen LogP contribution in [0, 0.1) is 13.8 Å². The van der Waals surface area contributed by atoms with Crippen molar-refractivity contribution in [3.8, 4) is 0 Å². The maximum atomic E-state index is 12.4. The second kappa shape index (κ2) is 5.80. The lowest BCUT2D eigenvalue weighted by atomic mass is 9.99. The van der Waals surface area contributed by atoms with Gasteiger partial charge in [-0.15, -0.1) is 0 Å². The molecule has 0 aromatic heterocycles. The Morgan fingerprint density at radius 2 is 1.82 bits per heavy atom. The Hall–Kier alpha value is -2.35. The van der Waals surface area contributed by atoms with Gasteiger partial charge in [0.1, 0.15) is 0 Å². The molecule has 3 rings (SSSR count). The molecule has 22 heavy (non-hydrogen) atoms. The van der Waals surface area contributed by atoms with Gasteiger partial charge in [0.2, 0.25) is 0 Å². The molecule has 0 unspecified atom stereocenters. The summed E-state index contributed by atoms with van der Waals surface area (Å²) in [4.78, 5) is 12.4. The van der Waals surface area contributed by atoms with Crippen LogP contribution in [0.5, 0.6) is 0 Å². The molecule has 2 aromatic rings. The Kier molecular flexibility index (Phi) is 3.84. The summed E-state index contributed by atoms with van der Waals surface area (Å²) in [5.41, 5.74) is 13.4. The summed E-state index contributed by atoms with van der Waals surface area (Å²) in [7, 11) is 0. The zero-order chi connectivity index (χ0) is 15.7. The number of aryl methyl sites for hydroxylation is 2. The van der Waals surface area contributed by atoms with Crippen molar-refractivity contribution < 1.29 is 4.79 Å². The van der Waals surface area contributed by atoms with E-state index in [4.69, 9.17) is 5.73 Å². The van der Waals surface area contributed by atoms with Crippen molar-refractivity contribution in [2.24, 2.45) is 0 Å². The van der Waals surface area contributed by atoms with E-state index in [-0.39, 0.29) is 5.78 Å². The molecule has 0 amide bonds. The number of benzene rings is 2. The van der Waals surface area contributed by atoms with Crippen LogP contribution < -0.4 is 5.73 Å². The molecule has 2 aromatic carbocycles. The van der Waals surface area contributed by atoms with Crippen LogP contribution in [0.15, 0.2) is 36.4 Å². The minimum Gasteiger partial charge on any atom is -0.399 e. The summed E-state index contributed by atoms with van der Waals surface area (Å²) in [5.74, 6) is 0.0589. The molecular formula is C20H21NO. The number of ketones is 1. The SMILES string of the molecule is Cc1c(N)ccc(C=CC(=O)c2ccc3c(c2)CCC3)c1C. The number of nitrogens with two attached hydrogens (primary N) is 1. The van der Waals surface area contributed by atoms with Gasteiger partial charge in [0.15, 0.2) is 5.78 Å². The molecule has 0 spiro atoms. The second-order valence-electron chi connectivity index (χ2n) is 6.03. The molecule has 0 fully saturated rings. The maximum Gasteiger partial charge on any atom is 0.185 e. The van der Waals surface area contributed by atoms with Crippen LogP contribution in [0.3, 0.4) is 0 Å². The van der Waals surface area contributed by atoms with Gasteiger partial charge < -0.3 is 5.73 Å². The molecule has 0 saturated heterocycles. The summed E-state index contributed by atoms with van der Waals surface area (Å²) in [5, 5.41) is 0. The van der Waals surface area contributed by atoms with E-state index < -0.39 is 0 Å². The highest BCUT2D eigenvalue weighted by Crippen LogP contribution is 2.24. The number of carbonyl (C=O) groups is 1. The van der Waals surface area contributed by atoms with E-state index in [1.807, 2.05) is 38.1 Å². The van der Waals surface area contributed by atoms with Gasteiger partial charge in [-0.1, -0.05) is 24.3 Å². The van der Waals surface area contributed by atoms with E-state index in [1.165, 1.54) is 17.5 Å². The lowest BCUT2D eigenvalue weighted by molar-refractivity contribution is 0.104. The van der Waals surface area contributed by atoms with Crippen molar-refractivity contribution in [2.75, 3.05) is 5.73 Å².